The molecule has 1 unspecified atom stereocenters. The van der Waals surface area contributed by atoms with E-state index in [4.69, 9.17) is 0 Å². The average molecular weight is 185 g/mol. The topological polar surface area (TPSA) is 55.4 Å². The monoisotopic (exact) mass is 185 g/mol. The van der Waals surface area contributed by atoms with Crippen LogP contribution in [-0.4, -0.2) is 25.5 Å². The zero-order valence-corrected chi connectivity index (χ0v) is 7.84. The third-order valence-corrected chi connectivity index (χ3v) is 2.19. The largest absolute Gasteiger partial charge is 0.393 e. The molecule has 0 aromatic rings. The third kappa shape index (κ3) is 3.14. The molecule has 0 amide bonds. The van der Waals surface area contributed by atoms with Gasteiger partial charge >= 0.3 is 11.9 Å². The zero-order chi connectivity index (χ0) is 9.68. The van der Waals surface area contributed by atoms with E-state index >= 15 is 0 Å². The molecule has 74 valence electrons. The fourth-order valence-corrected chi connectivity index (χ4v) is 1.43. The van der Waals surface area contributed by atoms with Crippen LogP contribution in [0.5, 0.6) is 0 Å². The van der Waals surface area contributed by atoms with E-state index in [9.17, 15) is 9.59 Å². The minimum absolute atomic E-state index is 0.177. The molecule has 0 spiro atoms. The molecule has 1 N–H and O–H groups in total. The number of carbonyl (C=O) groups is 2. The van der Waals surface area contributed by atoms with E-state index in [0.717, 1.165) is 25.8 Å². The van der Waals surface area contributed by atoms with Crippen molar-refractivity contribution >= 4 is 11.9 Å². The van der Waals surface area contributed by atoms with Crippen LogP contribution in [0.25, 0.3) is 0 Å². The molecule has 1 aliphatic rings. The third-order valence-electron chi connectivity index (χ3n) is 2.19. The molecule has 0 aromatic carbocycles. The van der Waals surface area contributed by atoms with Gasteiger partial charge in [0.25, 0.3) is 0 Å². The highest BCUT2D eigenvalue weighted by Gasteiger charge is 2.32. The number of hydrogen-bond acceptors (Lipinski definition) is 4. The number of rotatable bonds is 5. The lowest BCUT2D eigenvalue weighted by Gasteiger charge is -2.03. The Balaban J connectivity index is 2.14. The summed E-state index contributed by atoms with van der Waals surface area (Å²) in [6.45, 7) is 0.954. The lowest BCUT2D eigenvalue weighted by molar-refractivity contribution is -0.153. The number of carbonyl (C=O) groups excluding carboxylic acids is 2. The lowest BCUT2D eigenvalue weighted by atomic mass is 10.0. The van der Waals surface area contributed by atoms with Crippen LogP contribution in [0.15, 0.2) is 0 Å². The molecule has 0 aliphatic carbocycles. The maximum absolute atomic E-state index is 11.0. The van der Waals surface area contributed by atoms with Crippen molar-refractivity contribution in [2.75, 3.05) is 13.6 Å². The fraction of sp³-hybridized carbons (Fsp3) is 0.778. The summed E-state index contributed by atoms with van der Waals surface area (Å²) in [5.41, 5.74) is 0. The number of esters is 2. The van der Waals surface area contributed by atoms with Gasteiger partial charge in [0.05, 0.1) is 12.3 Å². The molecule has 4 nitrogen and oxygen atoms in total. The number of cyclic esters (lactones) is 2. The van der Waals surface area contributed by atoms with Gasteiger partial charge in [0, 0.05) is 0 Å². The Bertz CT molecular complexity index is 203. The highest BCUT2D eigenvalue weighted by Crippen LogP contribution is 2.21. The summed E-state index contributed by atoms with van der Waals surface area (Å²) in [5.74, 6) is -0.887. The summed E-state index contributed by atoms with van der Waals surface area (Å²) in [4.78, 5) is 21.7. The van der Waals surface area contributed by atoms with Crippen LogP contribution in [0.3, 0.4) is 0 Å². The van der Waals surface area contributed by atoms with Crippen molar-refractivity contribution in [3.05, 3.63) is 0 Å². The van der Waals surface area contributed by atoms with E-state index in [1.807, 2.05) is 7.05 Å². The van der Waals surface area contributed by atoms with Crippen molar-refractivity contribution in [3.8, 4) is 0 Å². The second-order valence-electron chi connectivity index (χ2n) is 3.29. The molecular formula is C9H15NO3. The van der Waals surface area contributed by atoms with E-state index < -0.39 is 0 Å². The Kier molecular flexibility index (Phi) is 3.89. The number of nitrogens with one attached hydrogen (secondary N) is 1. The standard InChI is InChI=1S/C9H15NO3/c1-10-5-3-2-4-7-6-8(11)13-9(7)12/h7,10H,2-6H2,1H3. The quantitative estimate of drug-likeness (QED) is 0.384. The van der Waals surface area contributed by atoms with E-state index in [2.05, 4.69) is 10.1 Å². The van der Waals surface area contributed by atoms with E-state index in [-0.39, 0.29) is 24.3 Å². The molecule has 0 bridgehead atoms. The normalized spacial score (nSPS) is 22.1. The van der Waals surface area contributed by atoms with Gasteiger partial charge in [0.2, 0.25) is 0 Å². The highest BCUT2D eigenvalue weighted by atomic mass is 16.6. The molecule has 1 heterocycles. The Morgan fingerprint density at radius 1 is 1.46 bits per heavy atom. The van der Waals surface area contributed by atoms with Crippen molar-refractivity contribution in [1.29, 1.82) is 0 Å². The molecule has 1 atom stereocenters. The van der Waals surface area contributed by atoms with Crippen molar-refractivity contribution in [3.63, 3.8) is 0 Å². The van der Waals surface area contributed by atoms with E-state index in [0.29, 0.717) is 0 Å². The molecule has 0 radical (unpaired) electrons. The maximum atomic E-state index is 11.0. The molecule has 1 rings (SSSR count). The van der Waals surface area contributed by atoms with Crippen LogP contribution >= 0.6 is 0 Å². The lowest BCUT2D eigenvalue weighted by Crippen LogP contribution is -2.10. The Labute approximate surface area is 77.6 Å². The molecule has 0 saturated carbocycles. The summed E-state index contributed by atoms with van der Waals surface area (Å²) in [5, 5.41) is 3.03. The summed E-state index contributed by atoms with van der Waals surface area (Å²) in [6.07, 6.45) is 3.05. The molecule has 4 heteroatoms. The minimum Gasteiger partial charge on any atom is -0.393 e. The molecule has 0 aromatic heterocycles. The van der Waals surface area contributed by atoms with Crippen LogP contribution in [0, 0.1) is 5.92 Å². The first-order valence-electron chi connectivity index (χ1n) is 4.63. The van der Waals surface area contributed by atoms with Crippen LogP contribution in [0.1, 0.15) is 25.7 Å². The van der Waals surface area contributed by atoms with Crippen LogP contribution in [0.2, 0.25) is 0 Å². The smallest absolute Gasteiger partial charge is 0.317 e. The molecule has 13 heavy (non-hydrogen) atoms. The number of ether oxygens (including phenoxy) is 1. The first-order chi connectivity index (χ1) is 6.24. The predicted octanol–water partition coefficient (Wildman–Crippen LogP) is 0.466. The van der Waals surface area contributed by atoms with Gasteiger partial charge in [-0.3, -0.25) is 9.59 Å². The van der Waals surface area contributed by atoms with Crippen molar-refractivity contribution in [1.82, 2.24) is 5.32 Å². The Morgan fingerprint density at radius 2 is 2.23 bits per heavy atom. The van der Waals surface area contributed by atoms with Crippen LogP contribution < -0.4 is 5.32 Å². The summed E-state index contributed by atoms with van der Waals surface area (Å²) in [7, 11) is 1.90. The molecular weight excluding hydrogens is 170 g/mol. The molecule has 1 fully saturated rings. The van der Waals surface area contributed by atoms with Gasteiger partial charge in [-0.25, -0.2) is 0 Å². The van der Waals surface area contributed by atoms with Crippen LogP contribution in [-0.2, 0) is 14.3 Å². The van der Waals surface area contributed by atoms with Gasteiger partial charge in [-0.05, 0) is 26.4 Å². The van der Waals surface area contributed by atoms with Gasteiger partial charge < -0.3 is 10.1 Å². The second kappa shape index (κ2) is 4.97. The highest BCUT2D eigenvalue weighted by molar-refractivity contribution is 5.94. The summed E-state index contributed by atoms with van der Waals surface area (Å²) < 4.78 is 4.44. The maximum Gasteiger partial charge on any atom is 0.317 e. The van der Waals surface area contributed by atoms with Gasteiger partial charge in [0.1, 0.15) is 0 Å². The number of unbranched alkanes of at least 4 members (excludes halogenated alkanes) is 1. The Hall–Kier alpha value is -0.900. The Morgan fingerprint density at radius 3 is 2.77 bits per heavy atom. The minimum atomic E-state index is -0.372. The van der Waals surface area contributed by atoms with Crippen LogP contribution in [0.4, 0.5) is 0 Å². The first-order valence-corrected chi connectivity index (χ1v) is 4.63. The first kappa shape index (κ1) is 10.2. The summed E-state index contributed by atoms with van der Waals surface area (Å²) >= 11 is 0. The molecule has 1 saturated heterocycles. The number of hydrogen-bond donors (Lipinski definition) is 1. The fourth-order valence-electron chi connectivity index (χ4n) is 1.43. The summed E-state index contributed by atoms with van der Waals surface area (Å²) in [6, 6.07) is 0. The average Bonchev–Trinajstić information content (AvgIpc) is 2.39. The van der Waals surface area contributed by atoms with Crippen molar-refractivity contribution in [2.24, 2.45) is 5.92 Å². The molecule has 1 aliphatic heterocycles. The van der Waals surface area contributed by atoms with Gasteiger partial charge in [0.15, 0.2) is 0 Å². The van der Waals surface area contributed by atoms with E-state index in [1.165, 1.54) is 0 Å². The van der Waals surface area contributed by atoms with Crippen molar-refractivity contribution < 1.29 is 14.3 Å². The van der Waals surface area contributed by atoms with Gasteiger partial charge in [-0.2, -0.15) is 0 Å². The van der Waals surface area contributed by atoms with Gasteiger partial charge in [-0.1, -0.05) is 6.42 Å². The predicted molar refractivity (Wildman–Crippen MR) is 47.0 cm³/mol. The zero-order valence-electron chi connectivity index (χ0n) is 7.84. The SMILES string of the molecule is CNCCCCC1CC(=O)OC1=O. The van der Waals surface area contributed by atoms with E-state index in [1.54, 1.807) is 0 Å². The second-order valence-corrected chi connectivity index (χ2v) is 3.29. The van der Waals surface area contributed by atoms with Crippen molar-refractivity contribution in [2.45, 2.75) is 25.7 Å². The van der Waals surface area contributed by atoms with Gasteiger partial charge in [-0.15, -0.1) is 0 Å².